The van der Waals surface area contributed by atoms with Crippen molar-refractivity contribution < 1.29 is 4.39 Å². The zero-order valence-electron chi connectivity index (χ0n) is 14.3. The van der Waals surface area contributed by atoms with Gasteiger partial charge in [0.25, 0.3) is 0 Å². The average molecular weight is 349 g/mol. The summed E-state index contributed by atoms with van der Waals surface area (Å²) in [6.07, 6.45) is 5.40. The van der Waals surface area contributed by atoms with Crippen molar-refractivity contribution in [2.75, 3.05) is 23.7 Å². The molecule has 2 aromatic heterocycles. The molecule has 0 aliphatic carbocycles. The summed E-state index contributed by atoms with van der Waals surface area (Å²) in [5.74, 6) is 0.589. The summed E-state index contributed by atoms with van der Waals surface area (Å²) in [5, 5.41) is 6.73. The second kappa shape index (κ2) is 7.49. The second-order valence-corrected chi connectivity index (χ2v) is 6.36. The van der Waals surface area contributed by atoms with E-state index >= 15 is 0 Å². The number of aromatic nitrogens is 2. The summed E-state index contributed by atoms with van der Waals surface area (Å²) in [7, 11) is 0. The molecule has 4 rings (SSSR count). The Bertz CT molecular complexity index is 884. The number of hydrogen-bond acceptors (Lipinski definition) is 5. The van der Waals surface area contributed by atoms with Crippen molar-refractivity contribution in [2.24, 2.45) is 0 Å². The van der Waals surface area contributed by atoms with Crippen molar-refractivity contribution in [3.05, 3.63) is 78.0 Å². The van der Waals surface area contributed by atoms with E-state index in [4.69, 9.17) is 0 Å². The Hall–Kier alpha value is -2.99. The summed E-state index contributed by atoms with van der Waals surface area (Å²) in [4.78, 5) is 10.9. The SMILES string of the molecule is Fc1cccc(CN2CCNc3cc(Nc4cccnc4)ncc3C2)c1. The van der Waals surface area contributed by atoms with E-state index in [0.29, 0.717) is 6.54 Å². The highest BCUT2D eigenvalue weighted by atomic mass is 19.1. The van der Waals surface area contributed by atoms with E-state index in [1.807, 2.05) is 30.5 Å². The van der Waals surface area contributed by atoms with Gasteiger partial charge in [0.15, 0.2) is 0 Å². The average Bonchev–Trinajstić information content (AvgIpc) is 2.84. The second-order valence-electron chi connectivity index (χ2n) is 6.36. The number of rotatable bonds is 4. The third-order valence-corrected chi connectivity index (χ3v) is 4.35. The lowest BCUT2D eigenvalue weighted by molar-refractivity contribution is 0.271. The molecule has 0 spiro atoms. The maximum atomic E-state index is 13.4. The highest BCUT2D eigenvalue weighted by Gasteiger charge is 2.15. The van der Waals surface area contributed by atoms with Gasteiger partial charge < -0.3 is 10.6 Å². The highest BCUT2D eigenvalue weighted by Crippen LogP contribution is 2.25. The van der Waals surface area contributed by atoms with E-state index in [0.717, 1.165) is 48.0 Å². The zero-order chi connectivity index (χ0) is 17.8. The van der Waals surface area contributed by atoms with Crippen LogP contribution < -0.4 is 10.6 Å². The number of nitrogens with zero attached hydrogens (tertiary/aromatic N) is 3. The van der Waals surface area contributed by atoms with Crippen LogP contribution in [-0.2, 0) is 13.1 Å². The van der Waals surface area contributed by atoms with Gasteiger partial charge in [-0.15, -0.1) is 0 Å². The predicted octanol–water partition coefficient (Wildman–Crippen LogP) is 3.79. The van der Waals surface area contributed by atoms with Gasteiger partial charge >= 0.3 is 0 Å². The summed E-state index contributed by atoms with van der Waals surface area (Å²) in [6, 6.07) is 12.6. The van der Waals surface area contributed by atoms with Gasteiger partial charge in [-0.25, -0.2) is 9.37 Å². The van der Waals surface area contributed by atoms with Gasteiger partial charge in [0, 0.05) is 55.9 Å². The van der Waals surface area contributed by atoms with Crippen molar-refractivity contribution in [2.45, 2.75) is 13.1 Å². The summed E-state index contributed by atoms with van der Waals surface area (Å²) < 4.78 is 13.4. The largest absolute Gasteiger partial charge is 0.383 e. The molecular weight excluding hydrogens is 329 g/mol. The Balaban J connectivity index is 1.48. The molecule has 1 aliphatic rings. The number of halogens is 1. The molecule has 3 heterocycles. The van der Waals surface area contributed by atoms with Crippen LogP contribution in [0.15, 0.2) is 61.1 Å². The van der Waals surface area contributed by atoms with E-state index in [2.05, 4.69) is 25.5 Å². The lowest BCUT2D eigenvalue weighted by Gasteiger charge is -2.20. The summed E-state index contributed by atoms with van der Waals surface area (Å²) >= 11 is 0. The van der Waals surface area contributed by atoms with Crippen LogP contribution >= 0.6 is 0 Å². The molecule has 2 N–H and O–H groups in total. The van der Waals surface area contributed by atoms with Crippen molar-refractivity contribution >= 4 is 17.2 Å². The lowest BCUT2D eigenvalue weighted by atomic mass is 10.2. The number of pyridine rings is 2. The van der Waals surface area contributed by atoms with Gasteiger partial charge in [0.05, 0.1) is 11.9 Å². The van der Waals surface area contributed by atoms with Crippen LogP contribution in [0.25, 0.3) is 0 Å². The van der Waals surface area contributed by atoms with Crippen LogP contribution in [0, 0.1) is 5.82 Å². The van der Waals surface area contributed by atoms with Gasteiger partial charge in [0.1, 0.15) is 11.6 Å². The molecule has 3 aromatic rings. The van der Waals surface area contributed by atoms with Crippen LogP contribution in [0.2, 0.25) is 0 Å². The fourth-order valence-electron chi connectivity index (χ4n) is 3.12. The molecule has 0 unspecified atom stereocenters. The molecule has 26 heavy (non-hydrogen) atoms. The molecule has 0 radical (unpaired) electrons. The Morgan fingerprint density at radius 1 is 1.15 bits per heavy atom. The van der Waals surface area contributed by atoms with Crippen molar-refractivity contribution in [3.63, 3.8) is 0 Å². The molecule has 0 saturated heterocycles. The molecule has 1 aromatic carbocycles. The predicted molar refractivity (Wildman–Crippen MR) is 101 cm³/mol. The minimum Gasteiger partial charge on any atom is -0.383 e. The summed E-state index contributed by atoms with van der Waals surface area (Å²) in [6.45, 7) is 3.21. The molecule has 5 nitrogen and oxygen atoms in total. The standard InChI is InChI=1S/C20H20FN5/c21-17-4-1-3-15(9-17)13-26-8-7-23-19-10-20(24-11-16(19)14-26)25-18-5-2-6-22-12-18/h1-6,9-12,23H,7-8,13-14H2,(H,24,25). The van der Waals surface area contributed by atoms with E-state index < -0.39 is 0 Å². The lowest BCUT2D eigenvalue weighted by Crippen LogP contribution is -2.25. The Labute approximate surface area is 151 Å². The number of nitrogens with one attached hydrogen (secondary N) is 2. The quantitative estimate of drug-likeness (QED) is 0.751. The van der Waals surface area contributed by atoms with E-state index in [1.54, 1.807) is 24.5 Å². The third-order valence-electron chi connectivity index (χ3n) is 4.35. The molecule has 0 saturated carbocycles. The van der Waals surface area contributed by atoms with Gasteiger partial charge in [-0.3, -0.25) is 9.88 Å². The first-order chi connectivity index (χ1) is 12.8. The number of hydrogen-bond donors (Lipinski definition) is 2. The van der Waals surface area contributed by atoms with Gasteiger partial charge in [0.2, 0.25) is 0 Å². The molecule has 6 heteroatoms. The first-order valence-electron chi connectivity index (χ1n) is 8.63. The monoisotopic (exact) mass is 349 g/mol. The van der Waals surface area contributed by atoms with Gasteiger partial charge in [-0.05, 0) is 29.8 Å². The fraction of sp³-hybridized carbons (Fsp3) is 0.200. The topological polar surface area (TPSA) is 53.1 Å². The van der Waals surface area contributed by atoms with E-state index in [9.17, 15) is 4.39 Å². The molecule has 0 amide bonds. The molecule has 0 atom stereocenters. The number of fused-ring (bicyclic) bond motifs is 1. The minimum absolute atomic E-state index is 0.191. The third kappa shape index (κ3) is 3.97. The van der Waals surface area contributed by atoms with Crippen LogP contribution in [0.5, 0.6) is 0 Å². The maximum Gasteiger partial charge on any atom is 0.132 e. The molecule has 0 fully saturated rings. The molecule has 132 valence electrons. The van der Waals surface area contributed by atoms with Crippen LogP contribution in [0.1, 0.15) is 11.1 Å². The Kier molecular flexibility index (Phi) is 4.75. The first-order valence-corrected chi connectivity index (χ1v) is 8.63. The van der Waals surface area contributed by atoms with Crippen LogP contribution in [0.3, 0.4) is 0 Å². The van der Waals surface area contributed by atoms with E-state index in [1.165, 1.54) is 6.07 Å². The highest BCUT2D eigenvalue weighted by molar-refractivity contribution is 5.63. The Morgan fingerprint density at radius 3 is 2.96 bits per heavy atom. The zero-order valence-corrected chi connectivity index (χ0v) is 14.3. The maximum absolute atomic E-state index is 13.4. The van der Waals surface area contributed by atoms with Crippen molar-refractivity contribution in [3.8, 4) is 0 Å². The molecule has 0 bridgehead atoms. The first kappa shape index (κ1) is 16.5. The normalized spacial score (nSPS) is 14.2. The minimum atomic E-state index is -0.191. The Morgan fingerprint density at radius 2 is 2.12 bits per heavy atom. The number of benzene rings is 1. The van der Waals surface area contributed by atoms with Crippen LogP contribution in [-0.4, -0.2) is 28.0 Å². The van der Waals surface area contributed by atoms with Crippen molar-refractivity contribution in [1.29, 1.82) is 0 Å². The van der Waals surface area contributed by atoms with Gasteiger partial charge in [-0.2, -0.15) is 0 Å². The smallest absolute Gasteiger partial charge is 0.132 e. The van der Waals surface area contributed by atoms with Crippen molar-refractivity contribution in [1.82, 2.24) is 14.9 Å². The van der Waals surface area contributed by atoms with E-state index in [-0.39, 0.29) is 5.82 Å². The van der Waals surface area contributed by atoms with Gasteiger partial charge in [-0.1, -0.05) is 12.1 Å². The number of anilines is 3. The fourth-order valence-corrected chi connectivity index (χ4v) is 3.12. The van der Waals surface area contributed by atoms with Crippen LogP contribution in [0.4, 0.5) is 21.6 Å². The molecule has 1 aliphatic heterocycles. The molecular formula is C20H20FN5. The summed E-state index contributed by atoms with van der Waals surface area (Å²) in [5.41, 5.74) is 4.10.